The van der Waals surface area contributed by atoms with Crippen molar-refractivity contribution in [2.45, 2.75) is 4.90 Å². The molecule has 0 spiro atoms. The van der Waals surface area contributed by atoms with Crippen molar-refractivity contribution in [3.63, 3.8) is 0 Å². The molecular weight excluding hydrogens is 356 g/mol. The minimum atomic E-state index is -4.19. The van der Waals surface area contributed by atoms with Crippen molar-refractivity contribution >= 4 is 33.5 Å². The molecule has 0 unspecified atom stereocenters. The fourth-order valence-electron chi connectivity index (χ4n) is 1.86. The number of ether oxygens (including phenoxy) is 1. The average Bonchev–Trinajstić information content (AvgIpc) is 2.59. The lowest BCUT2D eigenvalue weighted by molar-refractivity contribution is 0.0596. The van der Waals surface area contributed by atoms with Crippen LogP contribution in [0.4, 0.5) is 0 Å². The smallest absolute Gasteiger partial charge is 0.339 e. The number of rotatable bonds is 5. The minimum Gasteiger partial charge on any atom is -0.465 e. The highest BCUT2D eigenvalue weighted by atomic mass is 35.5. The van der Waals surface area contributed by atoms with Gasteiger partial charge in [-0.25, -0.2) is 13.2 Å². The Hall–Kier alpha value is -2.42. The molecule has 7 nitrogen and oxygen atoms in total. The van der Waals surface area contributed by atoms with E-state index in [0.717, 1.165) is 7.11 Å². The highest BCUT2D eigenvalue weighted by molar-refractivity contribution is 7.89. The number of esters is 1. The third-order valence-electron chi connectivity index (χ3n) is 3.00. The molecule has 0 bridgehead atoms. The Labute approximate surface area is 143 Å². The molecule has 0 fully saturated rings. The lowest BCUT2D eigenvalue weighted by Gasteiger charge is -2.11. The molecule has 2 aromatic rings. The van der Waals surface area contributed by atoms with Crippen LogP contribution in [-0.4, -0.2) is 27.4 Å². The van der Waals surface area contributed by atoms with Crippen LogP contribution in [0.5, 0.6) is 0 Å². The van der Waals surface area contributed by atoms with Crippen LogP contribution in [-0.2, 0) is 14.8 Å². The fourth-order valence-corrected chi connectivity index (χ4v) is 3.12. The van der Waals surface area contributed by atoms with Crippen LogP contribution in [0, 0.1) is 0 Å². The maximum atomic E-state index is 12.3. The molecular formula is C15H13ClN2O5S. The molecule has 2 aromatic carbocycles. The molecule has 0 saturated carbocycles. The lowest BCUT2D eigenvalue weighted by Crippen LogP contribution is -2.42. The molecule has 0 atom stereocenters. The molecule has 2 rings (SSSR count). The van der Waals surface area contributed by atoms with Gasteiger partial charge >= 0.3 is 5.97 Å². The number of carbonyl (C=O) groups is 2. The minimum absolute atomic E-state index is 0.100. The summed E-state index contributed by atoms with van der Waals surface area (Å²) in [4.78, 5) is 25.3. The molecule has 0 aliphatic carbocycles. The topological polar surface area (TPSA) is 102 Å². The van der Waals surface area contributed by atoms with Gasteiger partial charge in [0.2, 0.25) is 0 Å². The van der Waals surface area contributed by atoms with Crippen molar-refractivity contribution in [2.75, 3.05) is 7.11 Å². The normalized spacial score (nSPS) is 10.9. The summed E-state index contributed by atoms with van der Waals surface area (Å²) in [6.07, 6.45) is 0. The predicted octanol–water partition coefficient (Wildman–Crippen LogP) is 1.75. The first kappa shape index (κ1) is 17.9. The van der Waals surface area contributed by atoms with E-state index in [1.807, 2.05) is 10.3 Å². The average molecular weight is 369 g/mol. The molecule has 0 aliphatic heterocycles. The first-order valence-corrected chi connectivity index (χ1v) is 8.47. The van der Waals surface area contributed by atoms with E-state index in [2.05, 4.69) is 4.74 Å². The highest BCUT2D eigenvalue weighted by Crippen LogP contribution is 2.17. The largest absolute Gasteiger partial charge is 0.465 e. The number of amides is 1. The first-order chi connectivity index (χ1) is 11.4. The van der Waals surface area contributed by atoms with Gasteiger partial charge in [-0.15, -0.1) is 4.83 Å². The lowest BCUT2D eigenvalue weighted by atomic mass is 10.2. The van der Waals surface area contributed by atoms with E-state index >= 15 is 0 Å². The number of hydrogen-bond acceptors (Lipinski definition) is 5. The third-order valence-corrected chi connectivity index (χ3v) is 4.63. The predicted molar refractivity (Wildman–Crippen MR) is 87.0 cm³/mol. The Bertz CT molecular complexity index is 883. The van der Waals surface area contributed by atoms with Crippen LogP contribution >= 0.6 is 11.6 Å². The standard InChI is InChI=1S/C15H13ClN2O5S/c1-23-15(20)11-7-3-5-9-13(11)24(21,22)18-17-14(19)10-6-2-4-8-12(10)16/h2-9,18H,1H3,(H,17,19). The van der Waals surface area contributed by atoms with Crippen molar-refractivity contribution in [1.82, 2.24) is 10.3 Å². The van der Waals surface area contributed by atoms with Crippen molar-refractivity contribution in [3.05, 3.63) is 64.7 Å². The fraction of sp³-hybridized carbons (Fsp3) is 0.0667. The van der Waals surface area contributed by atoms with E-state index in [1.54, 1.807) is 12.1 Å². The van der Waals surface area contributed by atoms with Gasteiger partial charge in [-0.05, 0) is 24.3 Å². The Morgan fingerprint density at radius 1 is 1.00 bits per heavy atom. The Kier molecular flexibility index (Phi) is 5.55. The summed E-state index contributed by atoms with van der Waals surface area (Å²) in [7, 11) is -3.05. The second-order valence-corrected chi connectivity index (χ2v) is 6.59. The quantitative estimate of drug-likeness (QED) is 0.618. The van der Waals surface area contributed by atoms with Crippen LogP contribution in [0.1, 0.15) is 20.7 Å². The van der Waals surface area contributed by atoms with Gasteiger partial charge in [-0.1, -0.05) is 35.9 Å². The van der Waals surface area contributed by atoms with Crippen LogP contribution < -0.4 is 10.3 Å². The van der Waals surface area contributed by atoms with Gasteiger partial charge in [0.25, 0.3) is 15.9 Å². The number of sulfonamides is 1. The van der Waals surface area contributed by atoms with E-state index in [4.69, 9.17) is 11.6 Å². The monoisotopic (exact) mass is 368 g/mol. The van der Waals surface area contributed by atoms with Crippen LogP contribution in [0.2, 0.25) is 5.02 Å². The van der Waals surface area contributed by atoms with Gasteiger partial charge in [-0.2, -0.15) is 0 Å². The number of hydrazine groups is 1. The summed E-state index contributed by atoms with van der Waals surface area (Å²) in [5.74, 6) is -1.55. The molecule has 126 valence electrons. The number of nitrogens with one attached hydrogen (secondary N) is 2. The molecule has 24 heavy (non-hydrogen) atoms. The third kappa shape index (κ3) is 3.91. The maximum absolute atomic E-state index is 12.3. The summed E-state index contributed by atoms with van der Waals surface area (Å²) in [5, 5.41) is 0.171. The van der Waals surface area contributed by atoms with E-state index in [1.165, 1.54) is 36.4 Å². The number of methoxy groups -OCH3 is 1. The van der Waals surface area contributed by atoms with Gasteiger partial charge in [0, 0.05) is 0 Å². The zero-order valence-corrected chi connectivity index (χ0v) is 14.0. The van der Waals surface area contributed by atoms with E-state index in [9.17, 15) is 18.0 Å². The van der Waals surface area contributed by atoms with Crippen LogP contribution in [0.15, 0.2) is 53.4 Å². The second-order valence-electron chi connectivity index (χ2n) is 4.53. The van der Waals surface area contributed by atoms with Crippen LogP contribution in [0.3, 0.4) is 0 Å². The van der Waals surface area contributed by atoms with E-state index in [-0.39, 0.29) is 21.0 Å². The highest BCUT2D eigenvalue weighted by Gasteiger charge is 2.23. The van der Waals surface area contributed by atoms with Crippen molar-refractivity contribution in [3.8, 4) is 0 Å². The number of hydrogen-bond donors (Lipinski definition) is 2. The molecule has 0 radical (unpaired) electrons. The van der Waals surface area contributed by atoms with Crippen molar-refractivity contribution in [2.24, 2.45) is 0 Å². The van der Waals surface area contributed by atoms with E-state index < -0.39 is 21.9 Å². The zero-order valence-electron chi connectivity index (χ0n) is 12.4. The van der Waals surface area contributed by atoms with E-state index in [0.29, 0.717) is 0 Å². The molecule has 0 saturated heterocycles. The molecule has 9 heteroatoms. The Balaban J connectivity index is 2.23. The first-order valence-electron chi connectivity index (χ1n) is 6.61. The maximum Gasteiger partial charge on any atom is 0.339 e. The molecule has 1 amide bonds. The molecule has 0 aromatic heterocycles. The van der Waals surface area contributed by atoms with Crippen LogP contribution in [0.25, 0.3) is 0 Å². The Morgan fingerprint density at radius 2 is 1.58 bits per heavy atom. The number of carbonyl (C=O) groups excluding carboxylic acids is 2. The summed E-state index contributed by atoms with van der Waals surface area (Å²) >= 11 is 5.87. The van der Waals surface area contributed by atoms with Crippen molar-refractivity contribution in [1.29, 1.82) is 0 Å². The molecule has 0 heterocycles. The van der Waals surface area contributed by atoms with Gasteiger partial charge < -0.3 is 4.74 Å². The van der Waals surface area contributed by atoms with Gasteiger partial charge in [0.1, 0.15) is 0 Å². The van der Waals surface area contributed by atoms with Gasteiger partial charge in [-0.3, -0.25) is 10.2 Å². The number of benzene rings is 2. The van der Waals surface area contributed by atoms with Gasteiger partial charge in [0.15, 0.2) is 0 Å². The summed E-state index contributed by atoms with van der Waals surface area (Å²) in [6, 6.07) is 11.6. The van der Waals surface area contributed by atoms with Crippen molar-refractivity contribution < 1.29 is 22.7 Å². The summed E-state index contributed by atoms with van der Waals surface area (Å²) < 4.78 is 29.2. The molecule has 0 aliphatic rings. The summed E-state index contributed by atoms with van der Waals surface area (Å²) in [5.41, 5.74) is 2.00. The zero-order chi connectivity index (χ0) is 17.7. The Morgan fingerprint density at radius 3 is 2.21 bits per heavy atom. The summed E-state index contributed by atoms with van der Waals surface area (Å²) in [6.45, 7) is 0. The second kappa shape index (κ2) is 7.43. The number of halogens is 1. The van der Waals surface area contributed by atoms with Gasteiger partial charge in [0.05, 0.1) is 28.2 Å². The SMILES string of the molecule is COC(=O)c1ccccc1S(=O)(=O)NNC(=O)c1ccccc1Cl. The molecule has 2 N–H and O–H groups in total.